The van der Waals surface area contributed by atoms with Crippen LogP contribution in [-0.2, 0) is 0 Å². The zero-order valence-electron chi connectivity index (χ0n) is 10.7. The number of amides is 2. The van der Waals surface area contributed by atoms with E-state index in [9.17, 15) is 9.59 Å². The minimum Gasteiger partial charge on any atom is -0.355 e. The minimum atomic E-state index is -0.310. The fraction of sp³-hybridized carbons (Fsp3) is 0.0769. The highest BCUT2D eigenvalue weighted by Crippen LogP contribution is 2.32. The van der Waals surface area contributed by atoms with Gasteiger partial charge < -0.3 is 10.6 Å². The first-order valence-corrected chi connectivity index (χ1v) is 8.48. The highest BCUT2D eigenvalue weighted by molar-refractivity contribution is 9.12. The first-order valence-electron chi connectivity index (χ1n) is 5.70. The van der Waals surface area contributed by atoms with Gasteiger partial charge in [-0.3, -0.25) is 9.59 Å². The Morgan fingerprint density at radius 1 is 1.14 bits per heavy atom. The van der Waals surface area contributed by atoms with Gasteiger partial charge in [0.1, 0.15) is 0 Å². The van der Waals surface area contributed by atoms with E-state index in [1.54, 1.807) is 18.2 Å². The van der Waals surface area contributed by atoms with E-state index in [4.69, 9.17) is 11.6 Å². The molecule has 0 bridgehead atoms. The summed E-state index contributed by atoms with van der Waals surface area (Å²) in [7, 11) is 1.52. The van der Waals surface area contributed by atoms with Gasteiger partial charge in [-0.15, -0.1) is 11.3 Å². The Bertz CT molecular complexity index is 718. The van der Waals surface area contributed by atoms with Crippen molar-refractivity contribution in [2.45, 2.75) is 0 Å². The van der Waals surface area contributed by atoms with Crippen LogP contribution in [0.5, 0.6) is 0 Å². The molecule has 4 nitrogen and oxygen atoms in total. The number of halogens is 3. The molecule has 2 rings (SSSR count). The van der Waals surface area contributed by atoms with Crippen LogP contribution in [0, 0.1) is 0 Å². The second-order valence-corrected chi connectivity index (χ2v) is 8.12. The summed E-state index contributed by atoms with van der Waals surface area (Å²) in [6.45, 7) is 0. The normalized spacial score (nSPS) is 10.3. The zero-order valence-corrected chi connectivity index (χ0v) is 15.4. The van der Waals surface area contributed by atoms with Crippen molar-refractivity contribution in [3.63, 3.8) is 0 Å². The molecule has 1 aromatic carbocycles. The number of thiophene rings is 1. The van der Waals surface area contributed by atoms with Gasteiger partial charge in [0.25, 0.3) is 11.8 Å². The fourth-order valence-electron chi connectivity index (χ4n) is 1.61. The van der Waals surface area contributed by atoms with Gasteiger partial charge in [-0.2, -0.15) is 0 Å². The van der Waals surface area contributed by atoms with Crippen LogP contribution in [-0.4, -0.2) is 18.9 Å². The number of carbonyl (C=O) groups is 2. The molecule has 0 saturated heterocycles. The Hall–Kier alpha value is -0.890. The maximum Gasteiger partial charge on any atom is 0.257 e. The van der Waals surface area contributed by atoms with Gasteiger partial charge in [-0.1, -0.05) is 11.6 Å². The summed E-state index contributed by atoms with van der Waals surface area (Å²) >= 11 is 14.0. The third-order valence-electron chi connectivity index (χ3n) is 2.60. The van der Waals surface area contributed by atoms with Gasteiger partial charge in [-0.05, 0) is 56.1 Å². The van der Waals surface area contributed by atoms with Gasteiger partial charge in [0.15, 0.2) is 0 Å². The summed E-state index contributed by atoms with van der Waals surface area (Å²) in [5, 5.41) is 5.56. The molecule has 2 N–H and O–H groups in total. The average Bonchev–Trinajstić information content (AvgIpc) is 2.79. The van der Waals surface area contributed by atoms with Crippen LogP contribution in [0.4, 0.5) is 5.69 Å². The molecule has 2 aromatic rings. The van der Waals surface area contributed by atoms with E-state index < -0.39 is 0 Å². The lowest BCUT2D eigenvalue weighted by molar-refractivity contribution is 0.0961. The van der Waals surface area contributed by atoms with E-state index in [0.717, 1.165) is 7.57 Å². The monoisotopic (exact) mass is 450 g/mol. The van der Waals surface area contributed by atoms with Crippen molar-refractivity contribution < 1.29 is 9.59 Å². The second-order valence-electron chi connectivity index (χ2n) is 3.97. The van der Waals surface area contributed by atoms with Gasteiger partial charge in [0.2, 0.25) is 0 Å². The van der Waals surface area contributed by atoms with E-state index in [1.807, 2.05) is 0 Å². The number of carbonyl (C=O) groups excluding carboxylic acids is 2. The molecular formula is C13H9Br2ClN2O2S. The van der Waals surface area contributed by atoms with Crippen molar-refractivity contribution in [3.05, 3.63) is 48.0 Å². The van der Waals surface area contributed by atoms with Crippen LogP contribution < -0.4 is 10.6 Å². The van der Waals surface area contributed by atoms with Crippen LogP contribution in [0.2, 0.25) is 5.02 Å². The number of anilines is 1. The molecule has 0 saturated carbocycles. The van der Waals surface area contributed by atoms with Crippen molar-refractivity contribution in [2.24, 2.45) is 0 Å². The van der Waals surface area contributed by atoms with E-state index in [2.05, 4.69) is 42.5 Å². The molecule has 110 valence electrons. The molecule has 8 heteroatoms. The van der Waals surface area contributed by atoms with Crippen LogP contribution in [0.15, 0.2) is 31.8 Å². The Morgan fingerprint density at radius 2 is 1.86 bits per heavy atom. The molecule has 0 aliphatic rings. The van der Waals surface area contributed by atoms with E-state index in [1.165, 1.54) is 24.5 Å². The zero-order chi connectivity index (χ0) is 15.6. The molecule has 21 heavy (non-hydrogen) atoms. The highest BCUT2D eigenvalue weighted by atomic mass is 79.9. The van der Waals surface area contributed by atoms with Crippen molar-refractivity contribution >= 4 is 72.3 Å². The lowest BCUT2D eigenvalue weighted by atomic mass is 10.2. The lowest BCUT2D eigenvalue weighted by Crippen LogP contribution is -2.19. The van der Waals surface area contributed by atoms with Crippen LogP contribution >= 0.6 is 54.8 Å². The van der Waals surface area contributed by atoms with Crippen molar-refractivity contribution in [1.82, 2.24) is 5.32 Å². The van der Waals surface area contributed by atoms with Crippen molar-refractivity contribution in [1.29, 1.82) is 0 Å². The van der Waals surface area contributed by atoms with Crippen LogP contribution in [0.1, 0.15) is 20.7 Å². The number of hydrogen-bond acceptors (Lipinski definition) is 3. The Morgan fingerprint density at radius 3 is 2.43 bits per heavy atom. The smallest absolute Gasteiger partial charge is 0.257 e. The van der Waals surface area contributed by atoms with E-state index in [0.29, 0.717) is 21.8 Å². The molecule has 1 aromatic heterocycles. The maximum absolute atomic E-state index is 12.2. The summed E-state index contributed by atoms with van der Waals surface area (Å²) < 4.78 is 1.58. The predicted molar refractivity (Wildman–Crippen MR) is 92.5 cm³/mol. The van der Waals surface area contributed by atoms with Crippen LogP contribution in [0.25, 0.3) is 0 Å². The SMILES string of the molecule is CNC(=O)c1cc(NC(=O)c2cc(Br)sc2Br)ccc1Cl. The molecule has 0 fully saturated rings. The number of nitrogens with one attached hydrogen (secondary N) is 2. The summed E-state index contributed by atoms with van der Waals surface area (Å²) in [5.41, 5.74) is 1.32. The molecule has 0 unspecified atom stereocenters. The van der Waals surface area contributed by atoms with Gasteiger partial charge >= 0.3 is 0 Å². The molecule has 0 atom stereocenters. The Kier molecular flexibility index (Phi) is 5.43. The molecule has 0 aliphatic heterocycles. The van der Waals surface area contributed by atoms with Crippen molar-refractivity contribution in [3.8, 4) is 0 Å². The average molecular weight is 453 g/mol. The van der Waals surface area contributed by atoms with E-state index >= 15 is 0 Å². The Balaban J connectivity index is 2.26. The molecular weight excluding hydrogens is 443 g/mol. The summed E-state index contributed by atoms with van der Waals surface area (Å²) in [5.74, 6) is -0.579. The Labute approximate surface area is 147 Å². The summed E-state index contributed by atoms with van der Waals surface area (Å²) in [6, 6.07) is 6.47. The topological polar surface area (TPSA) is 58.2 Å². The quantitative estimate of drug-likeness (QED) is 0.719. The number of hydrogen-bond donors (Lipinski definition) is 2. The van der Waals surface area contributed by atoms with Gasteiger partial charge in [0.05, 0.1) is 23.7 Å². The fourth-order valence-corrected chi connectivity index (χ4v) is 4.60. The lowest BCUT2D eigenvalue weighted by Gasteiger charge is -2.08. The molecule has 0 aliphatic carbocycles. The summed E-state index contributed by atoms with van der Waals surface area (Å²) in [4.78, 5) is 23.9. The number of benzene rings is 1. The maximum atomic E-state index is 12.2. The first kappa shape index (κ1) is 16.5. The largest absolute Gasteiger partial charge is 0.355 e. The third kappa shape index (κ3) is 3.85. The molecule has 0 spiro atoms. The predicted octanol–water partition coefficient (Wildman–Crippen LogP) is 4.54. The number of rotatable bonds is 3. The van der Waals surface area contributed by atoms with Crippen LogP contribution in [0.3, 0.4) is 0 Å². The second kappa shape index (κ2) is 6.91. The van der Waals surface area contributed by atoms with Gasteiger partial charge in [-0.25, -0.2) is 0 Å². The third-order valence-corrected chi connectivity index (χ3v) is 5.27. The summed E-state index contributed by atoms with van der Waals surface area (Å²) in [6.07, 6.45) is 0. The highest BCUT2D eigenvalue weighted by Gasteiger charge is 2.15. The minimum absolute atomic E-state index is 0.269. The standard InChI is InChI=1S/C13H9Br2ClN2O2S/c1-17-12(19)7-4-6(2-3-9(7)16)18-13(20)8-5-10(14)21-11(8)15/h2-5H,1H3,(H,17,19)(H,18,20). The van der Waals surface area contributed by atoms with E-state index in [-0.39, 0.29) is 11.8 Å². The molecule has 2 amide bonds. The van der Waals surface area contributed by atoms with Gasteiger partial charge in [0, 0.05) is 12.7 Å². The first-order chi connectivity index (χ1) is 9.92. The molecule has 1 heterocycles. The molecule has 0 radical (unpaired) electrons. The van der Waals surface area contributed by atoms with Crippen molar-refractivity contribution in [2.75, 3.05) is 12.4 Å².